The molecule has 0 saturated heterocycles. The summed E-state index contributed by atoms with van der Waals surface area (Å²) < 4.78 is 0. The SMILES string of the molecule is [CH2]CCCCCCCCCCCCCCCCCCCCCCCCCCC[Si](C)(C)C. The van der Waals surface area contributed by atoms with Gasteiger partial charge in [-0.1, -0.05) is 200 Å². The van der Waals surface area contributed by atoms with Crippen LogP contribution in [-0.2, 0) is 0 Å². The van der Waals surface area contributed by atoms with Crippen LogP contribution in [0.3, 0.4) is 0 Å². The van der Waals surface area contributed by atoms with Crippen molar-refractivity contribution in [1.82, 2.24) is 0 Å². The van der Waals surface area contributed by atoms with Crippen LogP contribution in [0.2, 0.25) is 25.7 Å². The summed E-state index contributed by atoms with van der Waals surface area (Å²) in [4.78, 5) is 0. The molecule has 0 unspecified atom stereocenters. The second-order valence-electron chi connectivity index (χ2n) is 12.0. The standard InChI is InChI=1S/C31H65Si/c1-5-6-7-8-9-10-11-12-13-14-15-16-17-18-19-20-21-22-23-24-25-26-27-28-29-30-31-32(2,3)4/h1,5-31H2,2-4H3. The first-order valence-corrected chi connectivity index (χ1v) is 19.1. The molecule has 0 aliphatic heterocycles. The Bertz CT molecular complexity index is 330. The maximum absolute atomic E-state index is 3.92. The summed E-state index contributed by atoms with van der Waals surface area (Å²) in [5.41, 5.74) is 0. The van der Waals surface area contributed by atoms with Crippen LogP contribution in [0.1, 0.15) is 167 Å². The topological polar surface area (TPSA) is 0 Å². The zero-order valence-electron chi connectivity index (χ0n) is 23.3. The van der Waals surface area contributed by atoms with E-state index in [1.807, 2.05) is 0 Å². The Morgan fingerprint density at radius 2 is 0.500 bits per heavy atom. The van der Waals surface area contributed by atoms with E-state index in [9.17, 15) is 0 Å². The summed E-state index contributed by atoms with van der Waals surface area (Å²) in [6.45, 7) is 11.4. The van der Waals surface area contributed by atoms with Crippen molar-refractivity contribution in [2.75, 3.05) is 0 Å². The quantitative estimate of drug-likeness (QED) is 0.0835. The second kappa shape index (κ2) is 25.8. The maximum Gasteiger partial charge on any atom is 0.0442 e. The Hall–Kier alpha value is 0.217. The lowest BCUT2D eigenvalue weighted by Crippen LogP contribution is -2.18. The minimum Gasteiger partial charge on any atom is -0.0695 e. The fraction of sp³-hybridized carbons (Fsp3) is 0.968. The van der Waals surface area contributed by atoms with Crippen LogP contribution in [0.5, 0.6) is 0 Å². The van der Waals surface area contributed by atoms with Gasteiger partial charge in [-0.05, 0) is 0 Å². The van der Waals surface area contributed by atoms with Crippen LogP contribution in [0.4, 0.5) is 0 Å². The lowest BCUT2D eigenvalue weighted by molar-refractivity contribution is 0.516. The third-order valence-corrected chi connectivity index (χ3v) is 9.03. The number of hydrogen-bond donors (Lipinski definition) is 0. The molecule has 0 aromatic carbocycles. The van der Waals surface area contributed by atoms with Crippen LogP contribution in [0.15, 0.2) is 0 Å². The fourth-order valence-electron chi connectivity index (χ4n) is 4.90. The highest BCUT2D eigenvalue weighted by molar-refractivity contribution is 6.76. The fourth-order valence-corrected chi connectivity index (χ4v) is 6.21. The van der Waals surface area contributed by atoms with Gasteiger partial charge in [0, 0.05) is 8.07 Å². The van der Waals surface area contributed by atoms with Gasteiger partial charge >= 0.3 is 0 Å². The minimum absolute atomic E-state index is 0.779. The van der Waals surface area contributed by atoms with Crippen LogP contribution >= 0.6 is 0 Å². The second-order valence-corrected chi connectivity index (χ2v) is 17.6. The van der Waals surface area contributed by atoms with Gasteiger partial charge in [0.15, 0.2) is 0 Å². The molecule has 0 spiro atoms. The van der Waals surface area contributed by atoms with Gasteiger partial charge in [0.05, 0.1) is 0 Å². The van der Waals surface area contributed by atoms with Gasteiger partial charge in [0.2, 0.25) is 0 Å². The Morgan fingerprint density at radius 3 is 0.688 bits per heavy atom. The maximum atomic E-state index is 3.92. The Morgan fingerprint density at radius 1 is 0.312 bits per heavy atom. The summed E-state index contributed by atoms with van der Waals surface area (Å²) in [6.07, 6.45) is 38.0. The molecule has 0 nitrogen and oxygen atoms in total. The van der Waals surface area contributed by atoms with Crippen molar-refractivity contribution in [3.05, 3.63) is 6.92 Å². The van der Waals surface area contributed by atoms with E-state index in [0.717, 1.165) is 6.42 Å². The van der Waals surface area contributed by atoms with Gasteiger partial charge < -0.3 is 0 Å². The monoisotopic (exact) mass is 465 g/mol. The zero-order chi connectivity index (χ0) is 23.6. The number of rotatable bonds is 27. The predicted molar refractivity (Wildman–Crippen MR) is 154 cm³/mol. The average Bonchev–Trinajstić information content (AvgIpc) is 2.75. The smallest absolute Gasteiger partial charge is 0.0442 e. The highest BCUT2D eigenvalue weighted by Gasteiger charge is 2.11. The Balaban J connectivity index is 3.02. The first-order valence-electron chi connectivity index (χ1n) is 15.4. The highest BCUT2D eigenvalue weighted by Crippen LogP contribution is 2.17. The normalized spacial score (nSPS) is 12.0. The van der Waals surface area contributed by atoms with Crippen molar-refractivity contribution in [2.45, 2.75) is 193 Å². The van der Waals surface area contributed by atoms with E-state index in [1.54, 1.807) is 0 Å². The van der Waals surface area contributed by atoms with Gasteiger partial charge in [-0.2, -0.15) is 0 Å². The van der Waals surface area contributed by atoms with E-state index in [2.05, 4.69) is 26.6 Å². The number of unbranched alkanes of at least 4 members (excludes halogenated alkanes) is 25. The molecule has 32 heavy (non-hydrogen) atoms. The van der Waals surface area contributed by atoms with Crippen LogP contribution in [-0.4, -0.2) is 8.07 Å². The first-order chi connectivity index (χ1) is 15.6. The van der Waals surface area contributed by atoms with E-state index < -0.39 is 8.07 Å². The third-order valence-electron chi connectivity index (χ3n) is 7.18. The van der Waals surface area contributed by atoms with Gasteiger partial charge in [-0.15, -0.1) is 0 Å². The van der Waals surface area contributed by atoms with Crippen molar-refractivity contribution >= 4 is 8.07 Å². The first kappa shape index (κ1) is 32.2. The van der Waals surface area contributed by atoms with Crippen molar-refractivity contribution in [3.63, 3.8) is 0 Å². The van der Waals surface area contributed by atoms with E-state index in [1.165, 1.54) is 167 Å². The van der Waals surface area contributed by atoms with Crippen LogP contribution in [0, 0.1) is 6.92 Å². The molecule has 0 fully saturated rings. The molecular formula is C31H65Si. The summed E-state index contributed by atoms with van der Waals surface area (Å²) in [5.74, 6) is 0. The van der Waals surface area contributed by atoms with E-state index in [0.29, 0.717) is 0 Å². The van der Waals surface area contributed by atoms with E-state index in [4.69, 9.17) is 0 Å². The molecule has 0 bridgehead atoms. The lowest BCUT2D eigenvalue weighted by Gasteiger charge is -2.14. The molecule has 0 aromatic heterocycles. The molecule has 0 amide bonds. The molecule has 0 aliphatic rings. The Labute approximate surface area is 207 Å². The number of hydrogen-bond acceptors (Lipinski definition) is 0. The Kier molecular flexibility index (Phi) is 26.0. The van der Waals surface area contributed by atoms with Crippen molar-refractivity contribution in [3.8, 4) is 0 Å². The zero-order valence-corrected chi connectivity index (χ0v) is 24.3. The largest absolute Gasteiger partial charge is 0.0695 e. The van der Waals surface area contributed by atoms with Crippen molar-refractivity contribution < 1.29 is 0 Å². The summed E-state index contributed by atoms with van der Waals surface area (Å²) in [5, 5.41) is 0. The molecule has 0 saturated carbocycles. The molecule has 193 valence electrons. The minimum atomic E-state index is -0.779. The van der Waals surface area contributed by atoms with Gasteiger partial charge in [-0.25, -0.2) is 0 Å². The lowest BCUT2D eigenvalue weighted by atomic mass is 10.0. The van der Waals surface area contributed by atoms with Gasteiger partial charge in [0.1, 0.15) is 0 Å². The van der Waals surface area contributed by atoms with E-state index in [-0.39, 0.29) is 0 Å². The molecule has 1 radical (unpaired) electrons. The van der Waals surface area contributed by atoms with Crippen molar-refractivity contribution in [2.24, 2.45) is 0 Å². The highest BCUT2D eigenvalue weighted by atomic mass is 28.3. The van der Waals surface area contributed by atoms with Crippen molar-refractivity contribution in [1.29, 1.82) is 0 Å². The predicted octanol–water partition coefficient (Wildman–Crippen LogP) is 12.3. The summed E-state index contributed by atoms with van der Waals surface area (Å²) in [6, 6.07) is 1.53. The van der Waals surface area contributed by atoms with Gasteiger partial charge in [0.25, 0.3) is 0 Å². The molecule has 0 heterocycles. The average molecular weight is 466 g/mol. The van der Waals surface area contributed by atoms with Gasteiger partial charge in [-0.3, -0.25) is 0 Å². The molecule has 0 N–H and O–H groups in total. The molecule has 0 aliphatic carbocycles. The molecule has 0 atom stereocenters. The molecule has 0 aromatic rings. The van der Waals surface area contributed by atoms with Crippen LogP contribution < -0.4 is 0 Å². The third kappa shape index (κ3) is 30.2. The molecule has 1 heteroatoms. The van der Waals surface area contributed by atoms with Crippen LogP contribution in [0.25, 0.3) is 0 Å². The van der Waals surface area contributed by atoms with E-state index >= 15 is 0 Å². The molecule has 0 rings (SSSR count). The summed E-state index contributed by atoms with van der Waals surface area (Å²) >= 11 is 0. The molecular weight excluding hydrogens is 400 g/mol. The summed E-state index contributed by atoms with van der Waals surface area (Å²) in [7, 11) is -0.779.